The molecule has 0 radical (unpaired) electrons. The number of aliphatic carboxylic acids is 1. The van der Waals surface area contributed by atoms with Crippen LogP contribution in [0.4, 0.5) is 0 Å². The highest BCUT2D eigenvalue weighted by Gasteiger charge is 2.29. The van der Waals surface area contributed by atoms with Crippen LogP contribution in [0.25, 0.3) is 0 Å². The molecule has 1 unspecified atom stereocenters. The van der Waals surface area contributed by atoms with Crippen molar-refractivity contribution in [3.8, 4) is 0 Å². The second-order valence-corrected chi connectivity index (χ2v) is 5.78. The summed E-state index contributed by atoms with van der Waals surface area (Å²) >= 11 is 0. The van der Waals surface area contributed by atoms with E-state index in [2.05, 4.69) is 11.4 Å². The Bertz CT molecular complexity index is 510. The minimum absolute atomic E-state index is 0.118. The Morgan fingerprint density at radius 1 is 1.25 bits per heavy atom. The Hall–Kier alpha value is -1.84. The van der Waals surface area contributed by atoms with E-state index in [4.69, 9.17) is 5.11 Å². The van der Waals surface area contributed by atoms with Crippen molar-refractivity contribution in [2.45, 2.75) is 39.2 Å². The van der Waals surface area contributed by atoms with Crippen molar-refractivity contribution in [3.05, 3.63) is 35.4 Å². The summed E-state index contributed by atoms with van der Waals surface area (Å²) in [7, 11) is 0. The van der Waals surface area contributed by atoms with Gasteiger partial charge in [-0.1, -0.05) is 38.1 Å². The molecule has 0 aliphatic heterocycles. The fourth-order valence-corrected chi connectivity index (χ4v) is 2.71. The fourth-order valence-electron chi connectivity index (χ4n) is 2.71. The highest BCUT2D eigenvalue weighted by Crippen LogP contribution is 2.25. The third kappa shape index (κ3) is 3.18. The first-order valence-electron chi connectivity index (χ1n) is 7.09. The van der Waals surface area contributed by atoms with Gasteiger partial charge in [0.05, 0.1) is 0 Å². The van der Waals surface area contributed by atoms with Gasteiger partial charge in [0.15, 0.2) is 0 Å². The smallest absolute Gasteiger partial charge is 0.326 e. The van der Waals surface area contributed by atoms with E-state index in [0.717, 1.165) is 12.8 Å². The zero-order valence-corrected chi connectivity index (χ0v) is 11.9. The summed E-state index contributed by atoms with van der Waals surface area (Å²) in [5.74, 6) is -1.34. The third-order valence-corrected chi connectivity index (χ3v) is 3.95. The summed E-state index contributed by atoms with van der Waals surface area (Å²) in [5, 5.41) is 11.8. The quantitative estimate of drug-likeness (QED) is 0.883. The fraction of sp³-hybridized carbons (Fsp3) is 0.500. The van der Waals surface area contributed by atoms with Crippen LogP contribution in [0.3, 0.4) is 0 Å². The molecule has 108 valence electrons. The van der Waals surface area contributed by atoms with Gasteiger partial charge in [0.2, 0.25) is 5.91 Å². The molecule has 0 spiro atoms. The van der Waals surface area contributed by atoms with Crippen LogP contribution in [-0.2, 0) is 22.4 Å². The lowest BCUT2D eigenvalue weighted by Gasteiger charge is -2.26. The highest BCUT2D eigenvalue weighted by molar-refractivity contribution is 5.85. The molecular formula is C16H21NO3. The molecule has 1 aromatic rings. The standard InChI is InChI=1S/C16H21NO3/c1-10(2)14(16(19)20)17-15(18)13-8-7-11-5-3-4-6-12(11)9-13/h3-6,10,13-14H,7-9H2,1-2H3,(H,17,18)(H,19,20)/t13?,14-/m0/s1. The van der Waals surface area contributed by atoms with E-state index in [0.29, 0.717) is 6.42 Å². The molecule has 1 amide bonds. The normalized spacial score (nSPS) is 19.2. The molecule has 0 fully saturated rings. The molecule has 2 atom stereocenters. The van der Waals surface area contributed by atoms with Gasteiger partial charge in [0.25, 0.3) is 0 Å². The molecular weight excluding hydrogens is 254 g/mol. The van der Waals surface area contributed by atoms with E-state index >= 15 is 0 Å². The van der Waals surface area contributed by atoms with Crippen LogP contribution in [0.5, 0.6) is 0 Å². The zero-order chi connectivity index (χ0) is 14.7. The van der Waals surface area contributed by atoms with Crippen molar-refractivity contribution in [1.29, 1.82) is 0 Å². The van der Waals surface area contributed by atoms with Crippen LogP contribution in [0.1, 0.15) is 31.4 Å². The lowest BCUT2D eigenvalue weighted by molar-refractivity contribution is -0.143. The predicted octanol–water partition coefficient (Wildman–Crippen LogP) is 2.02. The molecule has 1 aromatic carbocycles. The van der Waals surface area contributed by atoms with Crippen molar-refractivity contribution < 1.29 is 14.7 Å². The lowest BCUT2D eigenvalue weighted by Crippen LogP contribution is -2.47. The van der Waals surface area contributed by atoms with Crippen LogP contribution in [-0.4, -0.2) is 23.0 Å². The number of rotatable bonds is 4. The molecule has 2 N–H and O–H groups in total. The Morgan fingerprint density at radius 3 is 2.50 bits per heavy atom. The number of nitrogens with one attached hydrogen (secondary N) is 1. The molecule has 0 bridgehead atoms. The number of carboxylic acids is 1. The van der Waals surface area contributed by atoms with Crippen LogP contribution in [0.15, 0.2) is 24.3 Å². The Labute approximate surface area is 119 Å². The summed E-state index contributed by atoms with van der Waals surface area (Å²) < 4.78 is 0. The second kappa shape index (κ2) is 6.07. The maximum absolute atomic E-state index is 12.3. The van der Waals surface area contributed by atoms with Crippen LogP contribution in [0, 0.1) is 11.8 Å². The lowest BCUT2D eigenvalue weighted by atomic mass is 9.83. The van der Waals surface area contributed by atoms with Crippen molar-refractivity contribution >= 4 is 11.9 Å². The van der Waals surface area contributed by atoms with Gasteiger partial charge in [-0.3, -0.25) is 4.79 Å². The summed E-state index contributed by atoms with van der Waals surface area (Å²) in [5.41, 5.74) is 2.51. The summed E-state index contributed by atoms with van der Waals surface area (Å²) in [4.78, 5) is 23.4. The van der Waals surface area contributed by atoms with E-state index < -0.39 is 12.0 Å². The van der Waals surface area contributed by atoms with Gasteiger partial charge in [-0.2, -0.15) is 0 Å². The topological polar surface area (TPSA) is 66.4 Å². The number of benzene rings is 1. The maximum atomic E-state index is 12.3. The maximum Gasteiger partial charge on any atom is 0.326 e. The van der Waals surface area contributed by atoms with Crippen LogP contribution >= 0.6 is 0 Å². The third-order valence-electron chi connectivity index (χ3n) is 3.95. The van der Waals surface area contributed by atoms with Gasteiger partial charge in [-0.25, -0.2) is 4.79 Å². The minimum atomic E-state index is -0.968. The van der Waals surface area contributed by atoms with Crippen molar-refractivity contribution in [3.63, 3.8) is 0 Å². The number of amides is 1. The van der Waals surface area contributed by atoms with E-state index in [1.165, 1.54) is 11.1 Å². The molecule has 0 saturated heterocycles. The average Bonchev–Trinajstić information content (AvgIpc) is 2.43. The minimum Gasteiger partial charge on any atom is -0.480 e. The Balaban J connectivity index is 2.03. The van der Waals surface area contributed by atoms with Gasteiger partial charge >= 0.3 is 5.97 Å². The molecule has 20 heavy (non-hydrogen) atoms. The van der Waals surface area contributed by atoms with Gasteiger partial charge in [0.1, 0.15) is 6.04 Å². The molecule has 0 aromatic heterocycles. The number of carbonyl (C=O) groups excluding carboxylic acids is 1. The number of fused-ring (bicyclic) bond motifs is 1. The Morgan fingerprint density at radius 2 is 1.90 bits per heavy atom. The van der Waals surface area contributed by atoms with Crippen molar-refractivity contribution in [2.75, 3.05) is 0 Å². The summed E-state index contributed by atoms with van der Waals surface area (Å²) in [6.07, 6.45) is 2.37. The highest BCUT2D eigenvalue weighted by atomic mass is 16.4. The molecule has 4 heteroatoms. The van der Waals surface area contributed by atoms with Crippen LogP contribution in [0.2, 0.25) is 0 Å². The van der Waals surface area contributed by atoms with Crippen molar-refractivity contribution in [2.24, 2.45) is 11.8 Å². The largest absolute Gasteiger partial charge is 0.480 e. The Kier molecular flexibility index (Phi) is 4.42. The first-order valence-corrected chi connectivity index (χ1v) is 7.09. The predicted molar refractivity (Wildman–Crippen MR) is 76.4 cm³/mol. The van der Waals surface area contributed by atoms with E-state index in [9.17, 15) is 9.59 Å². The van der Waals surface area contributed by atoms with E-state index in [-0.39, 0.29) is 17.7 Å². The number of carboxylic acid groups (broad SMARTS) is 1. The number of carbonyl (C=O) groups is 2. The van der Waals surface area contributed by atoms with Crippen molar-refractivity contribution in [1.82, 2.24) is 5.32 Å². The zero-order valence-electron chi connectivity index (χ0n) is 11.9. The molecule has 0 heterocycles. The summed E-state index contributed by atoms with van der Waals surface area (Å²) in [6, 6.07) is 7.33. The average molecular weight is 275 g/mol. The monoisotopic (exact) mass is 275 g/mol. The van der Waals surface area contributed by atoms with Gasteiger partial charge < -0.3 is 10.4 Å². The van der Waals surface area contributed by atoms with Gasteiger partial charge in [-0.05, 0) is 36.3 Å². The second-order valence-electron chi connectivity index (χ2n) is 5.78. The van der Waals surface area contributed by atoms with Gasteiger partial charge in [0, 0.05) is 5.92 Å². The molecule has 0 saturated carbocycles. The number of aryl methyl sites for hydroxylation is 1. The van der Waals surface area contributed by atoms with Gasteiger partial charge in [-0.15, -0.1) is 0 Å². The number of hydrogen-bond acceptors (Lipinski definition) is 2. The first kappa shape index (κ1) is 14.6. The SMILES string of the molecule is CC(C)[C@H](NC(=O)C1CCc2ccccc2C1)C(=O)O. The summed E-state index contributed by atoms with van der Waals surface area (Å²) in [6.45, 7) is 3.60. The molecule has 2 rings (SSSR count). The van der Waals surface area contributed by atoms with Crippen LogP contribution < -0.4 is 5.32 Å². The number of hydrogen-bond donors (Lipinski definition) is 2. The molecule has 4 nitrogen and oxygen atoms in total. The first-order chi connectivity index (χ1) is 9.49. The van der Waals surface area contributed by atoms with E-state index in [1.54, 1.807) is 13.8 Å². The van der Waals surface area contributed by atoms with E-state index in [1.807, 2.05) is 18.2 Å². The molecule has 1 aliphatic carbocycles. The molecule has 1 aliphatic rings.